The van der Waals surface area contributed by atoms with Crippen molar-refractivity contribution in [2.45, 2.75) is 35.9 Å². The van der Waals surface area contributed by atoms with Crippen molar-refractivity contribution in [1.29, 1.82) is 0 Å². The summed E-state index contributed by atoms with van der Waals surface area (Å²) in [5, 5.41) is 5.02. The van der Waals surface area contributed by atoms with E-state index in [2.05, 4.69) is 78.1 Å². The van der Waals surface area contributed by atoms with Crippen LogP contribution in [0.25, 0.3) is 12.2 Å². The van der Waals surface area contributed by atoms with E-state index >= 15 is 0 Å². The number of benzene rings is 2. The predicted molar refractivity (Wildman–Crippen MR) is 126 cm³/mol. The zero-order chi connectivity index (χ0) is 20.1. The van der Waals surface area contributed by atoms with Gasteiger partial charge in [-0.25, -0.2) is 4.79 Å². The average Bonchev–Trinajstić information content (AvgIpc) is 2.77. The summed E-state index contributed by atoms with van der Waals surface area (Å²) in [5.41, 5.74) is 5.24. The molecule has 0 amide bonds. The van der Waals surface area contributed by atoms with Crippen LogP contribution in [0.3, 0.4) is 0 Å². The first-order valence-corrected chi connectivity index (χ1v) is 11.8. The number of carbonyl (C=O) groups excluding carboxylic acids is 1. The Bertz CT molecular complexity index is 947. The lowest BCUT2D eigenvalue weighted by Gasteiger charge is -2.27. The Labute approximate surface area is 181 Å². The topological polar surface area (TPSA) is 26.3 Å². The molecule has 29 heavy (non-hydrogen) atoms. The van der Waals surface area contributed by atoms with Gasteiger partial charge in [-0.2, -0.15) is 0 Å². The molecule has 0 bridgehead atoms. The smallest absolute Gasteiger partial charge is 0.330 e. The lowest BCUT2D eigenvalue weighted by atomic mass is 9.96. The Morgan fingerprint density at radius 3 is 2.21 bits per heavy atom. The van der Waals surface area contributed by atoms with Crippen LogP contribution in [0.2, 0.25) is 0 Å². The molecule has 2 aromatic carbocycles. The highest BCUT2D eigenvalue weighted by molar-refractivity contribution is 8.02. The third kappa shape index (κ3) is 4.88. The second kappa shape index (κ2) is 9.55. The predicted octanol–water partition coefficient (Wildman–Crippen LogP) is 7.17. The Hall–Kier alpha value is -2.17. The number of rotatable bonds is 7. The molecule has 2 heterocycles. The van der Waals surface area contributed by atoms with Crippen molar-refractivity contribution in [2.24, 2.45) is 0 Å². The fourth-order valence-corrected chi connectivity index (χ4v) is 6.04. The molecule has 4 heteroatoms. The van der Waals surface area contributed by atoms with Crippen molar-refractivity contribution in [3.05, 3.63) is 94.3 Å². The summed E-state index contributed by atoms with van der Waals surface area (Å²) in [7, 11) is 0. The highest BCUT2D eigenvalue weighted by Crippen LogP contribution is 2.44. The van der Waals surface area contributed by atoms with Gasteiger partial charge in [0.1, 0.15) is 6.10 Å². The molecule has 2 aliphatic rings. The van der Waals surface area contributed by atoms with Crippen LogP contribution in [0.15, 0.2) is 72.0 Å². The van der Waals surface area contributed by atoms with Gasteiger partial charge in [-0.05, 0) is 58.1 Å². The number of fused-ring (bicyclic) bond motifs is 2. The lowest BCUT2D eigenvalue weighted by Crippen LogP contribution is -2.20. The van der Waals surface area contributed by atoms with Crippen molar-refractivity contribution in [1.82, 2.24) is 0 Å². The molecule has 3 unspecified atom stereocenters. The van der Waals surface area contributed by atoms with Gasteiger partial charge >= 0.3 is 5.97 Å². The largest absolute Gasteiger partial charge is 0.459 e. The number of hydrogen-bond donors (Lipinski definition) is 0. The zero-order valence-corrected chi connectivity index (χ0v) is 17.8. The van der Waals surface area contributed by atoms with Gasteiger partial charge in [0.2, 0.25) is 0 Å². The molecule has 0 radical (unpaired) electrons. The van der Waals surface area contributed by atoms with Crippen LogP contribution in [0.4, 0.5) is 0 Å². The van der Waals surface area contributed by atoms with Crippen LogP contribution >= 0.6 is 23.5 Å². The third-order valence-corrected chi connectivity index (χ3v) is 7.52. The molecule has 0 N–H and O–H groups in total. The van der Waals surface area contributed by atoms with Crippen molar-refractivity contribution in [2.75, 3.05) is 0 Å². The SMILES string of the molecule is C=CC(=O)OC(CCC1SC=Cc2ccccc21)CC1SC=Cc2ccccc21. The summed E-state index contributed by atoms with van der Waals surface area (Å²) < 4.78 is 5.77. The van der Waals surface area contributed by atoms with Crippen LogP contribution < -0.4 is 0 Å². The first-order valence-electron chi connectivity index (χ1n) is 9.89. The van der Waals surface area contributed by atoms with Gasteiger partial charge in [-0.1, -0.05) is 55.1 Å². The molecule has 2 aromatic rings. The molecule has 0 saturated carbocycles. The molecule has 0 saturated heterocycles. The second-order valence-electron chi connectivity index (χ2n) is 7.19. The minimum absolute atomic E-state index is 0.128. The standard InChI is InChI=1S/C25H24O2S2/c1-2-25(26)27-20(17-24-22-10-6-4-8-19(22)14-16-29-24)11-12-23-21-9-5-3-7-18(21)13-15-28-23/h2-10,13-16,20,23-24H,1,11-12,17H2. The zero-order valence-electron chi connectivity index (χ0n) is 16.2. The molecule has 2 nitrogen and oxygen atoms in total. The van der Waals surface area contributed by atoms with E-state index in [4.69, 9.17) is 4.74 Å². The highest BCUT2D eigenvalue weighted by atomic mass is 32.2. The van der Waals surface area contributed by atoms with Crippen molar-refractivity contribution in [3.8, 4) is 0 Å². The van der Waals surface area contributed by atoms with Gasteiger partial charge in [0.15, 0.2) is 0 Å². The molecule has 0 aromatic heterocycles. The molecule has 0 aliphatic carbocycles. The van der Waals surface area contributed by atoms with Crippen LogP contribution in [0.5, 0.6) is 0 Å². The first-order chi connectivity index (χ1) is 14.2. The maximum atomic E-state index is 12.0. The molecule has 148 valence electrons. The van der Waals surface area contributed by atoms with Crippen molar-refractivity contribution >= 4 is 41.6 Å². The minimum Gasteiger partial charge on any atom is -0.459 e. The molecule has 0 spiro atoms. The Morgan fingerprint density at radius 1 is 0.966 bits per heavy atom. The maximum Gasteiger partial charge on any atom is 0.330 e. The number of hydrogen-bond acceptors (Lipinski definition) is 4. The highest BCUT2D eigenvalue weighted by Gasteiger charge is 2.26. The molecule has 4 rings (SSSR count). The number of esters is 1. The monoisotopic (exact) mass is 420 g/mol. The summed E-state index contributed by atoms with van der Waals surface area (Å²) >= 11 is 3.65. The maximum absolute atomic E-state index is 12.0. The molecular weight excluding hydrogens is 396 g/mol. The van der Waals surface area contributed by atoms with E-state index in [1.54, 1.807) is 11.8 Å². The van der Waals surface area contributed by atoms with Crippen LogP contribution in [-0.2, 0) is 9.53 Å². The summed E-state index contributed by atoms with van der Waals surface area (Å²) in [4.78, 5) is 12.0. The third-order valence-electron chi connectivity index (χ3n) is 5.34. The number of ether oxygens (including phenoxy) is 1. The Balaban J connectivity index is 1.47. The van der Waals surface area contributed by atoms with Crippen LogP contribution in [0.1, 0.15) is 52.0 Å². The fourth-order valence-electron chi connectivity index (χ4n) is 3.89. The minimum atomic E-state index is -0.337. The van der Waals surface area contributed by atoms with Gasteiger partial charge in [-0.15, -0.1) is 23.5 Å². The van der Waals surface area contributed by atoms with E-state index in [1.165, 1.54) is 28.3 Å². The second-order valence-corrected chi connectivity index (χ2v) is 9.42. The summed E-state index contributed by atoms with van der Waals surface area (Å²) in [6.07, 6.45) is 8.08. The summed E-state index contributed by atoms with van der Waals surface area (Å²) in [5.74, 6) is -0.337. The summed E-state index contributed by atoms with van der Waals surface area (Å²) in [6, 6.07) is 17.0. The fraction of sp³-hybridized carbons (Fsp3) is 0.240. The van der Waals surface area contributed by atoms with E-state index in [0.717, 1.165) is 19.3 Å². The Kier molecular flexibility index (Phi) is 6.63. The molecule has 2 aliphatic heterocycles. The van der Waals surface area contributed by atoms with Crippen LogP contribution in [-0.4, -0.2) is 12.1 Å². The van der Waals surface area contributed by atoms with Crippen LogP contribution in [0, 0.1) is 0 Å². The number of carbonyl (C=O) groups is 1. The summed E-state index contributed by atoms with van der Waals surface area (Å²) in [6.45, 7) is 3.57. The van der Waals surface area contributed by atoms with E-state index in [1.807, 2.05) is 11.8 Å². The van der Waals surface area contributed by atoms with E-state index < -0.39 is 0 Å². The number of thioether (sulfide) groups is 2. The van der Waals surface area contributed by atoms with Gasteiger partial charge in [0.25, 0.3) is 0 Å². The normalized spacial score (nSPS) is 20.4. The van der Waals surface area contributed by atoms with E-state index in [0.29, 0.717) is 10.5 Å². The Morgan fingerprint density at radius 2 is 1.55 bits per heavy atom. The van der Waals surface area contributed by atoms with Gasteiger partial charge in [0.05, 0.1) is 0 Å². The molecular formula is C25H24O2S2. The lowest BCUT2D eigenvalue weighted by molar-refractivity contribution is -0.143. The first kappa shape index (κ1) is 20.1. The van der Waals surface area contributed by atoms with E-state index in [9.17, 15) is 4.79 Å². The van der Waals surface area contributed by atoms with Crippen molar-refractivity contribution < 1.29 is 9.53 Å². The van der Waals surface area contributed by atoms with Crippen molar-refractivity contribution in [3.63, 3.8) is 0 Å². The van der Waals surface area contributed by atoms with Gasteiger partial charge in [0, 0.05) is 23.0 Å². The van der Waals surface area contributed by atoms with Gasteiger partial charge in [-0.3, -0.25) is 0 Å². The molecule has 3 atom stereocenters. The average molecular weight is 421 g/mol. The van der Waals surface area contributed by atoms with Gasteiger partial charge < -0.3 is 4.74 Å². The van der Waals surface area contributed by atoms with E-state index in [-0.39, 0.29) is 12.1 Å². The quantitative estimate of drug-likeness (QED) is 0.350. The molecule has 0 fully saturated rings.